The van der Waals surface area contributed by atoms with Crippen LogP contribution in [0.5, 0.6) is 0 Å². The van der Waals surface area contributed by atoms with Gasteiger partial charge in [0.05, 0.1) is 17.9 Å². The number of Topliss-reactive ketones (excluding diaryl/α,β-unsaturated/α-hetero) is 1. The third-order valence-corrected chi connectivity index (χ3v) is 3.27. The normalized spacial score (nSPS) is 14.0. The largest absolute Gasteiger partial charge is 0.385 e. The second-order valence-corrected chi connectivity index (χ2v) is 4.84. The highest BCUT2D eigenvalue weighted by Gasteiger charge is 2.35. The van der Waals surface area contributed by atoms with Gasteiger partial charge in [-0.15, -0.1) is 0 Å². The van der Waals surface area contributed by atoms with Crippen LogP contribution < -0.4 is 4.90 Å². The van der Waals surface area contributed by atoms with Gasteiger partial charge in [0.1, 0.15) is 0 Å². The van der Waals surface area contributed by atoms with Gasteiger partial charge in [-0.25, -0.2) is 0 Å². The van der Waals surface area contributed by atoms with E-state index in [2.05, 4.69) is 0 Å². The molecular formula is C14H16ClNO4. The summed E-state index contributed by atoms with van der Waals surface area (Å²) in [6.45, 7) is 1.91. The van der Waals surface area contributed by atoms with Gasteiger partial charge in [0, 0.05) is 31.9 Å². The summed E-state index contributed by atoms with van der Waals surface area (Å²) < 4.78 is 10.3. The minimum Gasteiger partial charge on any atom is -0.385 e. The molecule has 0 atom stereocenters. The van der Waals surface area contributed by atoms with Gasteiger partial charge >= 0.3 is 0 Å². The molecule has 108 valence electrons. The maximum atomic E-state index is 11.9. The topological polar surface area (TPSA) is 55.8 Å². The molecule has 0 spiro atoms. The van der Waals surface area contributed by atoms with Crippen LogP contribution in [0.4, 0.5) is 5.69 Å². The number of ketones is 1. The van der Waals surface area contributed by atoms with Crippen molar-refractivity contribution < 1.29 is 19.1 Å². The van der Waals surface area contributed by atoms with Crippen molar-refractivity contribution in [2.24, 2.45) is 0 Å². The number of carbonyl (C=O) groups excluding carboxylic acids is 2. The Bertz CT molecular complexity index is 518. The van der Waals surface area contributed by atoms with Gasteiger partial charge < -0.3 is 14.4 Å². The first-order chi connectivity index (χ1) is 9.65. The van der Waals surface area contributed by atoms with Crippen molar-refractivity contribution in [3.05, 3.63) is 28.8 Å². The summed E-state index contributed by atoms with van der Waals surface area (Å²) in [6, 6.07) is 4.82. The fourth-order valence-corrected chi connectivity index (χ4v) is 2.22. The number of hydrogen-bond acceptors (Lipinski definition) is 4. The summed E-state index contributed by atoms with van der Waals surface area (Å²) in [4.78, 5) is 25.1. The van der Waals surface area contributed by atoms with Gasteiger partial charge in [-0.2, -0.15) is 0 Å². The molecule has 0 aromatic heterocycles. The lowest BCUT2D eigenvalue weighted by Crippen LogP contribution is -2.33. The van der Waals surface area contributed by atoms with E-state index in [1.54, 1.807) is 25.3 Å². The van der Waals surface area contributed by atoms with E-state index in [1.165, 1.54) is 4.90 Å². The van der Waals surface area contributed by atoms with Crippen LogP contribution in [-0.4, -0.2) is 45.2 Å². The minimum atomic E-state index is -0.525. The molecule has 1 aromatic rings. The fraction of sp³-hybridized carbons (Fsp3) is 0.429. The first-order valence-electron chi connectivity index (χ1n) is 6.37. The Hall–Kier alpha value is -1.43. The molecule has 2 rings (SSSR count). The average molecular weight is 298 g/mol. The van der Waals surface area contributed by atoms with Crippen LogP contribution in [0, 0.1) is 0 Å². The van der Waals surface area contributed by atoms with Crippen LogP contribution in [0.2, 0.25) is 5.02 Å². The number of fused-ring (bicyclic) bond motifs is 1. The zero-order chi connectivity index (χ0) is 14.5. The quantitative estimate of drug-likeness (QED) is 0.570. The standard InChI is InChI=1S/C14H16ClNO4/c1-19-6-2-7-20-8-5-16-12-9-10(15)3-4-11(12)13(17)14(16)18/h3-4,9H,2,5-8H2,1H3. The Kier molecular flexibility index (Phi) is 5.11. The monoisotopic (exact) mass is 297 g/mol. The summed E-state index contributed by atoms with van der Waals surface area (Å²) in [5.74, 6) is -1.01. The summed E-state index contributed by atoms with van der Waals surface area (Å²) in [5, 5.41) is 0.497. The SMILES string of the molecule is COCCCOCCN1C(=O)C(=O)c2ccc(Cl)cc21. The maximum Gasteiger partial charge on any atom is 0.299 e. The lowest BCUT2D eigenvalue weighted by Gasteiger charge is -2.16. The predicted octanol–water partition coefficient (Wildman–Crippen LogP) is 1.92. The Morgan fingerprint density at radius 3 is 2.75 bits per heavy atom. The van der Waals surface area contributed by atoms with Crippen molar-refractivity contribution in [1.82, 2.24) is 0 Å². The third kappa shape index (κ3) is 3.17. The van der Waals surface area contributed by atoms with Crippen molar-refractivity contribution in [1.29, 1.82) is 0 Å². The van der Waals surface area contributed by atoms with Crippen molar-refractivity contribution >= 4 is 29.0 Å². The molecule has 0 bridgehead atoms. The van der Waals surface area contributed by atoms with Crippen LogP contribution >= 0.6 is 11.6 Å². The van der Waals surface area contributed by atoms with E-state index >= 15 is 0 Å². The highest BCUT2D eigenvalue weighted by atomic mass is 35.5. The molecule has 0 radical (unpaired) electrons. The van der Waals surface area contributed by atoms with Gasteiger partial charge in [-0.3, -0.25) is 9.59 Å². The van der Waals surface area contributed by atoms with Crippen molar-refractivity contribution in [3.8, 4) is 0 Å². The number of methoxy groups -OCH3 is 1. The van der Waals surface area contributed by atoms with E-state index in [1.807, 2.05) is 0 Å². The number of carbonyl (C=O) groups is 2. The molecule has 0 saturated carbocycles. The van der Waals surface area contributed by atoms with Crippen molar-refractivity contribution in [3.63, 3.8) is 0 Å². The molecule has 5 nitrogen and oxygen atoms in total. The molecule has 0 saturated heterocycles. The van der Waals surface area contributed by atoms with Gasteiger partial charge in [-0.05, 0) is 24.6 Å². The molecule has 1 aromatic carbocycles. The number of anilines is 1. The summed E-state index contributed by atoms with van der Waals surface area (Å²) in [6.07, 6.45) is 0.797. The lowest BCUT2D eigenvalue weighted by atomic mass is 10.1. The summed E-state index contributed by atoms with van der Waals surface area (Å²) >= 11 is 5.91. The Labute approximate surface area is 122 Å². The maximum absolute atomic E-state index is 11.9. The summed E-state index contributed by atoms with van der Waals surface area (Å²) in [7, 11) is 1.63. The molecule has 0 fully saturated rings. The fourth-order valence-electron chi connectivity index (χ4n) is 2.05. The van der Waals surface area contributed by atoms with Crippen LogP contribution in [0.1, 0.15) is 16.8 Å². The Morgan fingerprint density at radius 1 is 1.20 bits per heavy atom. The van der Waals surface area contributed by atoms with Crippen LogP contribution in [-0.2, 0) is 14.3 Å². The van der Waals surface area contributed by atoms with Gasteiger partial charge in [-0.1, -0.05) is 11.6 Å². The molecule has 0 N–H and O–H groups in total. The van der Waals surface area contributed by atoms with Crippen LogP contribution in [0.15, 0.2) is 18.2 Å². The number of rotatable bonds is 7. The first kappa shape index (κ1) is 15.0. The molecule has 1 aliphatic rings. The Morgan fingerprint density at radius 2 is 2.00 bits per heavy atom. The molecule has 6 heteroatoms. The number of hydrogen-bond donors (Lipinski definition) is 0. The zero-order valence-corrected chi connectivity index (χ0v) is 12.0. The lowest BCUT2D eigenvalue weighted by molar-refractivity contribution is -0.114. The van der Waals surface area contributed by atoms with Gasteiger partial charge in [0.2, 0.25) is 0 Å². The number of benzene rings is 1. The minimum absolute atomic E-state index is 0.338. The molecule has 1 aliphatic heterocycles. The zero-order valence-electron chi connectivity index (χ0n) is 11.2. The second-order valence-electron chi connectivity index (χ2n) is 4.41. The van der Waals surface area contributed by atoms with E-state index in [0.29, 0.717) is 42.6 Å². The van der Waals surface area contributed by atoms with Crippen molar-refractivity contribution in [2.75, 3.05) is 38.4 Å². The smallest absolute Gasteiger partial charge is 0.299 e. The highest BCUT2D eigenvalue weighted by molar-refractivity contribution is 6.52. The second kappa shape index (κ2) is 6.83. The first-order valence-corrected chi connectivity index (χ1v) is 6.75. The average Bonchev–Trinajstić information content (AvgIpc) is 2.67. The van der Waals surface area contributed by atoms with E-state index in [-0.39, 0.29) is 0 Å². The van der Waals surface area contributed by atoms with Crippen molar-refractivity contribution in [2.45, 2.75) is 6.42 Å². The van der Waals surface area contributed by atoms with Crippen LogP contribution in [0.3, 0.4) is 0 Å². The number of halogens is 1. The molecule has 1 heterocycles. The van der Waals surface area contributed by atoms with E-state index in [0.717, 1.165) is 6.42 Å². The summed E-state index contributed by atoms with van der Waals surface area (Å²) in [5.41, 5.74) is 0.965. The number of ether oxygens (including phenoxy) is 2. The number of amides is 1. The highest BCUT2D eigenvalue weighted by Crippen LogP contribution is 2.31. The predicted molar refractivity (Wildman–Crippen MR) is 75.4 cm³/mol. The molecular weight excluding hydrogens is 282 g/mol. The molecule has 1 amide bonds. The van der Waals surface area contributed by atoms with E-state index in [4.69, 9.17) is 21.1 Å². The van der Waals surface area contributed by atoms with Gasteiger partial charge in [0.15, 0.2) is 0 Å². The van der Waals surface area contributed by atoms with E-state index < -0.39 is 11.7 Å². The van der Waals surface area contributed by atoms with E-state index in [9.17, 15) is 9.59 Å². The Balaban J connectivity index is 1.94. The number of nitrogens with zero attached hydrogens (tertiary/aromatic N) is 1. The molecule has 0 aliphatic carbocycles. The molecule has 20 heavy (non-hydrogen) atoms. The van der Waals surface area contributed by atoms with Crippen LogP contribution in [0.25, 0.3) is 0 Å². The van der Waals surface area contributed by atoms with Gasteiger partial charge in [0.25, 0.3) is 11.7 Å². The molecule has 0 unspecified atom stereocenters. The third-order valence-electron chi connectivity index (χ3n) is 3.03.